The van der Waals surface area contributed by atoms with Crippen molar-refractivity contribution in [1.29, 1.82) is 0 Å². The van der Waals surface area contributed by atoms with E-state index in [-0.39, 0.29) is 16.7 Å². The summed E-state index contributed by atoms with van der Waals surface area (Å²) in [5.74, 6) is -2.45. The van der Waals surface area contributed by atoms with Crippen molar-refractivity contribution in [2.45, 2.75) is 23.9 Å². The van der Waals surface area contributed by atoms with Gasteiger partial charge in [-0.2, -0.15) is 0 Å². The van der Waals surface area contributed by atoms with Gasteiger partial charge in [-0.25, -0.2) is 14.4 Å². The first-order valence-corrected chi connectivity index (χ1v) is 17.0. The molecule has 0 fully saturated rings. The minimum Gasteiger partial charge on any atom is -0.452 e. The Labute approximate surface area is 307 Å². The van der Waals surface area contributed by atoms with Crippen LogP contribution in [0.15, 0.2) is 182 Å². The van der Waals surface area contributed by atoms with Gasteiger partial charge in [0, 0.05) is 0 Å². The highest BCUT2D eigenvalue weighted by molar-refractivity contribution is 5.92. The van der Waals surface area contributed by atoms with E-state index in [9.17, 15) is 19.2 Å². The maximum absolute atomic E-state index is 13.8. The summed E-state index contributed by atoms with van der Waals surface area (Å²) in [4.78, 5) is 53.7. The summed E-state index contributed by atoms with van der Waals surface area (Å²) >= 11 is 0. The van der Waals surface area contributed by atoms with Gasteiger partial charge >= 0.3 is 17.9 Å². The third kappa shape index (κ3) is 8.64. The molecule has 0 aliphatic heterocycles. The molecule has 0 spiro atoms. The Morgan fingerprint density at radius 1 is 0.453 bits per heavy atom. The van der Waals surface area contributed by atoms with Crippen LogP contribution in [0.1, 0.15) is 47.8 Å². The molecule has 0 N–H and O–H groups in total. The molecule has 6 aromatic carbocycles. The Kier molecular flexibility index (Phi) is 12.0. The Hall–Kier alpha value is -6.64. The van der Waals surface area contributed by atoms with Gasteiger partial charge < -0.3 is 18.9 Å². The van der Waals surface area contributed by atoms with E-state index in [1.807, 2.05) is 91.0 Å². The highest BCUT2D eigenvalue weighted by Crippen LogP contribution is 2.41. The molecule has 0 amide bonds. The van der Waals surface area contributed by atoms with Crippen molar-refractivity contribution in [2.75, 3.05) is 6.61 Å². The van der Waals surface area contributed by atoms with E-state index >= 15 is 0 Å². The standard InChI is InChI=1S/C45H36O8/c46-31-39(51-42(47)33-19-7-1-8-20-33)41(53-44(49)35-23-11-3-12-24-35)40(52-43(48)34-21-9-2-10-22-34)32-50-45(36-25-13-4-14-26-36,37-27-15-5-16-28-37)38-29-17-6-18-30-38/h1-31,39-41H,32H2/t39-,40+,41+/m1/s1. The average Bonchev–Trinajstić information content (AvgIpc) is 3.23. The SMILES string of the molecule is O=C[C@@H](OC(=O)c1ccccc1)[C@H](OC(=O)c1ccccc1)[C@H](COC(c1ccccc1)(c1ccccc1)c1ccccc1)OC(=O)c1ccccc1. The molecule has 6 aromatic rings. The van der Waals surface area contributed by atoms with E-state index in [0.717, 1.165) is 16.7 Å². The number of hydrogen-bond acceptors (Lipinski definition) is 8. The smallest absolute Gasteiger partial charge is 0.338 e. The van der Waals surface area contributed by atoms with Gasteiger partial charge in [-0.1, -0.05) is 146 Å². The summed E-state index contributed by atoms with van der Waals surface area (Å²) in [6.45, 7) is -0.419. The van der Waals surface area contributed by atoms with Crippen LogP contribution in [0.5, 0.6) is 0 Å². The van der Waals surface area contributed by atoms with Crippen LogP contribution in [0.2, 0.25) is 0 Å². The molecule has 0 saturated heterocycles. The van der Waals surface area contributed by atoms with E-state index in [1.165, 1.54) is 24.3 Å². The van der Waals surface area contributed by atoms with Crippen LogP contribution in [-0.2, 0) is 29.3 Å². The fraction of sp³-hybridized carbons (Fsp3) is 0.111. The molecule has 3 atom stereocenters. The normalized spacial score (nSPS) is 12.8. The molecule has 0 aliphatic rings. The predicted molar refractivity (Wildman–Crippen MR) is 198 cm³/mol. The summed E-state index contributed by atoms with van der Waals surface area (Å²) in [7, 11) is 0. The lowest BCUT2D eigenvalue weighted by molar-refractivity contribution is -0.138. The molecule has 6 rings (SSSR count). The lowest BCUT2D eigenvalue weighted by Crippen LogP contribution is -2.50. The van der Waals surface area contributed by atoms with Crippen LogP contribution in [0.3, 0.4) is 0 Å². The second-order valence-corrected chi connectivity index (χ2v) is 12.0. The molecule has 0 aliphatic carbocycles. The van der Waals surface area contributed by atoms with E-state index in [0.29, 0.717) is 6.29 Å². The number of esters is 3. The van der Waals surface area contributed by atoms with Gasteiger partial charge in [0.05, 0.1) is 23.3 Å². The quantitative estimate of drug-likeness (QED) is 0.0461. The fourth-order valence-electron chi connectivity index (χ4n) is 6.01. The van der Waals surface area contributed by atoms with Gasteiger partial charge in [-0.15, -0.1) is 0 Å². The number of benzene rings is 6. The van der Waals surface area contributed by atoms with E-state index < -0.39 is 48.4 Å². The summed E-state index contributed by atoms with van der Waals surface area (Å²) in [6, 6.07) is 53.0. The lowest BCUT2D eigenvalue weighted by atomic mass is 9.80. The molecule has 0 heterocycles. The van der Waals surface area contributed by atoms with Crippen molar-refractivity contribution in [1.82, 2.24) is 0 Å². The minimum atomic E-state index is -1.72. The number of rotatable bonds is 15. The van der Waals surface area contributed by atoms with Crippen LogP contribution in [0, 0.1) is 0 Å². The van der Waals surface area contributed by atoms with Crippen molar-refractivity contribution >= 4 is 24.2 Å². The second-order valence-electron chi connectivity index (χ2n) is 12.0. The Morgan fingerprint density at radius 3 is 1.13 bits per heavy atom. The molecule has 0 radical (unpaired) electrons. The maximum Gasteiger partial charge on any atom is 0.338 e. The van der Waals surface area contributed by atoms with Crippen LogP contribution in [0.4, 0.5) is 0 Å². The minimum absolute atomic E-state index is 0.165. The molecule has 8 heteroatoms. The molecule has 0 unspecified atom stereocenters. The monoisotopic (exact) mass is 704 g/mol. The molecule has 8 nitrogen and oxygen atoms in total. The number of ether oxygens (including phenoxy) is 4. The number of carbonyl (C=O) groups is 4. The van der Waals surface area contributed by atoms with Crippen molar-refractivity contribution in [3.05, 3.63) is 215 Å². The first-order valence-electron chi connectivity index (χ1n) is 17.0. The Balaban J connectivity index is 1.47. The highest BCUT2D eigenvalue weighted by Gasteiger charge is 2.43. The van der Waals surface area contributed by atoms with Crippen molar-refractivity contribution in [3.63, 3.8) is 0 Å². The Bertz CT molecular complexity index is 1980. The number of carbonyl (C=O) groups excluding carboxylic acids is 4. The average molecular weight is 705 g/mol. The molecule has 264 valence electrons. The van der Waals surface area contributed by atoms with Gasteiger partial charge in [0.15, 0.2) is 24.6 Å². The van der Waals surface area contributed by atoms with Crippen LogP contribution in [-0.4, -0.2) is 49.1 Å². The Morgan fingerprint density at radius 2 is 0.774 bits per heavy atom. The highest BCUT2D eigenvalue weighted by atomic mass is 16.6. The molecular weight excluding hydrogens is 668 g/mol. The largest absolute Gasteiger partial charge is 0.452 e. The maximum atomic E-state index is 13.8. The molecule has 53 heavy (non-hydrogen) atoms. The fourth-order valence-corrected chi connectivity index (χ4v) is 6.01. The summed E-state index contributed by atoms with van der Waals surface area (Å²) < 4.78 is 24.8. The molecular formula is C45H36O8. The van der Waals surface area contributed by atoms with Crippen molar-refractivity contribution in [2.24, 2.45) is 0 Å². The zero-order valence-corrected chi connectivity index (χ0v) is 28.6. The van der Waals surface area contributed by atoms with Crippen molar-refractivity contribution in [3.8, 4) is 0 Å². The van der Waals surface area contributed by atoms with Gasteiger partial charge in [0.1, 0.15) is 5.60 Å². The van der Waals surface area contributed by atoms with Gasteiger partial charge in [0.2, 0.25) is 0 Å². The van der Waals surface area contributed by atoms with Crippen molar-refractivity contribution < 1.29 is 38.1 Å². The molecule has 0 bridgehead atoms. The van der Waals surface area contributed by atoms with E-state index in [1.54, 1.807) is 66.7 Å². The first kappa shape index (κ1) is 36.2. The lowest BCUT2D eigenvalue weighted by Gasteiger charge is -2.38. The van der Waals surface area contributed by atoms with Gasteiger partial charge in [-0.05, 0) is 53.1 Å². The molecule has 0 aromatic heterocycles. The summed E-state index contributed by atoms with van der Waals surface area (Å²) in [5.41, 5.74) is 1.51. The van der Waals surface area contributed by atoms with Crippen LogP contribution >= 0.6 is 0 Å². The van der Waals surface area contributed by atoms with E-state index in [4.69, 9.17) is 18.9 Å². The van der Waals surface area contributed by atoms with E-state index in [2.05, 4.69) is 0 Å². The number of hydrogen-bond donors (Lipinski definition) is 0. The second kappa shape index (κ2) is 17.5. The molecule has 0 saturated carbocycles. The summed E-state index contributed by atoms with van der Waals surface area (Å²) in [5, 5.41) is 0. The first-order chi connectivity index (χ1) is 26.0. The van der Waals surface area contributed by atoms with Gasteiger partial charge in [-0.3, -0.25) is 4.79 Å². The van der Waals surface area contributed by atoms with Crippen LogP contribution in [0.25, 0.3) is 0 Å². The zero-order chi connectivity index (χ0) is 36.9. The number of aldehydes is 1. The third-order valence-corrected chi connectivity index (χ3v) is 8.60. The zero-order valence-electron chi connectivity index (χ0n) is 28.6. The van der Waals surface area contributed by atoms with Gasteiger partial charge in [0.25, 0.3) is 0 Å². The predicted octanol–water partition coefficient (Wildman–Crippen LogP) is 7.87. The topological polar surface area (TPSA) is 105 Å². The van der Waals surface area contributed by atoms with Crippen LogP contribution < -0.4 is 0 Å². The summed E-state index contributed by atoms with van der Waals surface area (Å²) in [6.07, 6.45) is -4.50. The third-order valence-electron chi connectivity index (χ3n) is 8.60.